The predicted octanol–water partition coefficient (Wildman–Crippen LogP) is 0.0427. The van der Waals surface area contributed by atoms with Crippen molar-refractivity contribution in [3.8, 4) is 0 Å². The maximum absolute atomic E-state index is 12.5. The Kier molecular flexibility index (Phi) is 4.06. The average Bonchev–Trinajstić information content (AvgIpc) is 3.16. The Morgan fingerprint density at radius 2 is 2.17 bits per heavy atom. The maximum Gasteiger partial charge on any atom is 0.325 e. The van der Waals surface area contributed by atoms with Gasteiger partial charge in [0.05, 0.1) is 24.8 Å². The fourth-order valence-electron chi connectivity index (χ4n) is 3.25. The molecule has 3 rings (SSSR count). The van der Waals surface area contributed by atoms with Crippen molar-refractivity contribution in [2.45, 2.75) is 39.3 Å². The average molecular weight is 319 g/mol. The van der Waals surface area contributed by atoms with Crippen molar-refractivity contribution in [2.24, 2.45) is 0 Å². The number of imide groups is 1. The van der Waals surface area contributed by atoms with E-state index in [0.717, 1.165) is 29.1 Å². The van der Waals surface area contributed by atoms with Crippen LogP contribution in [0.15, 0.2) is 6.07 Å². The molecule has 0 bridgehead atoms. The van der Waals surface area contributed by atoms with E-state index in [0.29, 0.717) is 13.1 Å². The van der Waals surface area contributed by atoms with Crippen LogP contribution in [0, 0.1) is 13.8 Å². The summed E-state index contributed by atoms with van der Waals surface area (Å²) < 4.78 is 1.92. The molecule has 3 heterocycles. The van der Waals surface area contributed by atoms with Crippen molar-refractivity contribution < 1.29 is 14.4 Å². The topological polar surface area (TPSA) is 87.5 Å². The molecule has 4 amide bonds. The Labute approximate surface area is 134 Å². The SMILES string of the molecule is Cc1cc(C)n(CC2CCCN2C(=O)CN2C(=O)CNC2=O)n1. The number of hydrogen-bond acceptors (Lipinski definition) is 4. The number of hydrogen-bond donors (Lipinski definition) is 1. The lowest BCUT2D eigenvalue weighted by Crippen LogP contribution is -2.46. The normalized spacial score (nSPS) is 21.2. The summed E-state index contributed by atoms with van der Waals surface area (Å²) in [5.74, 6) is -0.530. The van der Waals surface area contributed by atoms with E-state index in [4.69, 9.17) is 0 Å². The van der Waals surface area contributed by atoms with Crippen molar-refractivity contribution in [3.05, 3.63) is 17.5 Å². The van der Waals surface area contributed by atoms with Crippen molar-refractivity contribution in [1.82, 2.24) is 24.9 Å². The molecule has 23 heavy (non-hydrogen) atoms. The van der Waals surface area contributed by atoms with Gasteiger partial charge in [-0.15, -0.1) is 0 Å². The van der Waals surface area contributed by atoms with E-state index in [1.165, 1.54) is 0 Å². The largest absolute Gasteiger partial charge is 0.336 e. The van der Waals surface area contributed by atoms with E-state index < -0.39 is 6.03 Å². The second-order valence-electron chi connectivity index (χ2n) is 6.13. The van der Waals surface area contributed by atoms with Crippen molar-refractivity contribution in [1.29, 1.82) is 0 Å². The quantitative estimate of drug-likeness (QED) is 0.794. The standard InChI is InChI=1S/C15H21N5O3/c1-10-6-11(2)20(17-10)8-12-4-3-5-18(12)14(22)9-19-13(21)7-16-15(19)23/h6,12H,3-5,7-9H2,1-2H3,(H,16,23). The van der Waals surface area contributed by atoms with E-state index >= 15 is 0 Å². The number of likely N-dealkylation sites (tertiary alicyclic amines) is 1. The van der Waals surface area contributed by atoms with Gasteiger partial charge in [-0.05, 0) is 32.8 Å². The highest BCUT2D eigenvalue weighted by Crippen LogP contribution is 2.20. The van der Waals surface area contributed by atoms with Crippen LogP contribution in [-0.2, 0) is 16.1 Å². The summed E-state index contributed by atoms with van der Waals surface area (Å²) in [6.07, 6.45) is 1.83. The molecule has 1 aromatic heterocycles. The monoisotopic (exact) mass is 319 g/mol. The summed E-state index contributed by atoms with van der Waals surface area (Å²) in [6.45, 7) is 5.03. The van der Waals surface area contributed by atoms with Gasteiger partial charge in [-0.25, -0.2) is 4.79 Å². The van der Waals surface area contributed by atoms with Gasteiger partial charge in [0.1, 0.15) is 6.54 Å². The van der Waals surface area contributed by atoms with Gasteiger partial charge >= 0.3 is 6.03 Å². The summed E-state index contributed by atoms with van der Waals surface area (Å²) in [6, 6.07) is 1.58. The zero-order valence-corrected chi connectivity index (χ0v) is 13.4. The van der Waals surface area contributed by atoms with Crippen LogP contribution in [0.2, 0.25) is 0 Å². The Morgan fingerprint density at radius 3 is 2.78 bits per heavy atom. The zero-order valence-electron chi connectivity index (χ0n) is 13.4. The van der Waals surface area contributed by atoms with Crippen molar-refractivity contribution >= 4 is 17.8 Å². The third-order valence-corrected chi connectivity index (χ3v) is 4.41. The van der Waals surface area contributed by atoms with Crippen LogP contribution < -0.4 is 5.32 Å². The van der Waals surface area contributed by atoms with Gasteiger partial charge in [0.25, 0.3) is 5.91 Å². The summed E-state index contributed by atoms with van der Waals surface area (Å²) in [4.78, 5) is 38.4. The van der Waals surface area contributed by atoms with E-state index in [2.05, 4.69) is 10.4 Å². The minimum Gasteiger partial charge on any atom is -0.336 e. The lowest BCUT2D eigenvalue weighted by Gasteiger charge is -2.26. The smallest absolute Gasteiger partial charge is 0.325 e. The van der Waals surface area contributed by atoms with Gasteiger partial charge in [0.2, 0.25) is 5.91 Å². The predicted molar refractivity (Wildman–Crippen MR) is 81.5 cm³/mol. The molecule has 2 fully saturated rings. The molecule has 2 aliphatic rings. The number of amides is 4. The lowest BCUT2D eigenvalue weighted by atomic mass is 10.2. The highest BCUT2D eigenvalue weighted by Gasteiger charge is 2.35. The lowest BCUT2D eigenvalue weighted by molar-refractivity contribution is -0.137. The van der Waals surface area contributed by atoms with Crippen LogP contribution in [-0.4, -0.2) is 63.1 Å². The molecule has 0 saturated carbocycles. The number of aryl methyl sites for hydroxylation is 2. The van der Waals surface area contributed by atoms with E-state index in [-0.39, 0.29) is 30.9 Å². The molecular formula is C15H21N5O3. The molecule has 0 spiro atoms. The van der Waals surface area contributed by atoms with Crippen LogP contribution in [0.3, 0.4) is 0 Å². The third-order valence-electron chi connectivity index (χ3n) is 4.41. The molecule has 2 aliphatic heterocycles. The molecule has 2 saturated heterocycles. The molecule has 0 radical (unpaired) electrons. The second-order valence-corrected chi connectivity index (χ2v) is 6.13. The van der Waals surface area contributed by atoms with Crippen molar-refractivity contribution in [2.75, 3.05) is 19.6 Å². The molecule has 0 aromatic carbocycles. The Balaban J connectivity index is 1.66. The van der Waals surface area contributed by atoms with Gasteiger partial charge in [-0.1, -0.05) is 0 Å². The van der Waals surface area contributed by atoms with Gasteiger partial charge in [0, 0.05) is 12.2 Å². The number of carbonyl (C=O) groups is 3. The van der Waals surface area contributed by atoms with Crippen LogP contribution in [0.4, 0.5) is 4.79 Å². The fourth-order valence-corrected chi connectivity index (χ4v) is 3.25. The Morgan fingerprint density at radius 1 is 1.39 bits per heavy atom. The first kappa shape index (κ1) is 15.5. The number of carbonyl (C=O) groups excluding carboxylic acids is 3. The van der Waals surface area contributed by atoms with E-state index in [1.54, 1.807) is 4.90 Å². The van der Waals surface area contributed by atoms with E-state index in [9.17, 15) is 14.4 Å². The molecule has 1 atom stereocenters. The minimum absolute atomic E-state index is 0.0265. The molecule has 0 aliphatic carbocycles. The highest BCUT2D eigenvalue weighted by molar-refractivity contribution is 6.04. The summed E-state index contributed by atoms with van der Waals surface area (Å²) in [7, 11) is 0. The van der Waals surface area contributed by atoms with Crippen molar-refractivity contribution in [3.63, 3.8) is 0 Å². The summed E-state index contributed by atoms with van der Waals surface area (Å²) >= 11 is 0. The van der Waals surface area contributed by atoms with Gasteiger partial charge < -0.3 is 10.2 Å². The van der Waals surface area contributed by atoms with Crippen LogP contribution >= 0.6 is 0 Å². The van der Waals surface area contributed by atoms with Crippen LogP contribution in [0.25, 0.3) is 0 Å². The second kappa shape index (κ2) is 6.02. The van der Waals surface area contributed by atoms with Gasteiger partial charge in [-0.3, -0.25) is 19.2 Å². The fraction of sp³-hybridized carbons (Fsp3) is 0.600. The molecule has 1 N–H and O–H groups in total. The van der Waals surface area contributed by atoms with Gasteiger partial charge in [0.15, 0.2) is 0 Å². The Bertz CT molecular complexity index is 638. The maximum atomic E-state index is 12.5. The first-order valence-electron chi connectivity index (χ1n) is 7.84. The number of nitrogens with zero attached hydrogens (tertiary/aromatic N) is 4. The molecule has 124 valence electrons. The number of rotatable bonds is 4. The highest BCUT2D eigenvalue weighted by atomic mass is 16.2. The molecule has 8 nitrogen and oxygen atoms in total. The molecule has 1 aromatic rings. The van der Waals surface area contributed by atoms with E-state index in [1.807, 2.05) is 24.6 Å². The minimum atomic E-state index is -0.488. The third kappa shape index (κ3) is 3.06. The summed E-state index contributed by atoms with van der Waals surface area (Å²) in [5, 5.41) is 6.87. The first-order chi connectivity index (χ1) is 11.0. The number of urea groups is 1. The molecule has 8 heteroatoms. The first-order valence-corrected chi connectivity index (χ1v) is 7.84. The van der Waals surface area contributed by atoms with Gasteiger partial charge in [-0.2, -0.15) is 5.10 Å². The van der Waals surface area contributed by atoms with Crippen LogP contribution in [0.1, 0.15) is 24.2 Å². The van der Waals surface area contributed by atoms with Crippen LogP contribution in [0.5, 0.6) is 0 Å². The number of aromatic nitrogens is 2. The zero-order chi connectivity index (χ0) is 16.6. The number of nitrogens with one attached hydrogen (secondary N) is 1. The molecular weight excluding hydrogens is 298 g/mol. The molecule has 1 unspecified atom stereocenters. The summed E-state index contributed by atoms with van der Waals surface area (Å²) in [5.41, 5.74) is 2.02. The Hall–Kier alpha value is -2.38.